The first kappa shape index (κ1) is 23.9. The number of carbonyl (C=O) groups is 1. The Morgan fingerprint density at radius 2 is 1.89 bits per heavy atom. The number of fused-ring (bicyclic) bond motifs is 3. The van der Waals surface area contributed by atoms with Crippen molar-refractivity contribution in [1.82, 2.24) is 19.4 Å². The molecule has 0 N–H and O–H groups in total. The molecule has 2 aliphatic rings. The minimum absolute atomic E-state index is 0.00958. The summed E-state index contributed by atoms with van der Waals surface area (Å²) in [5, 5.41) is 0. The summed E-state index contributed by atoms with van der Waals surface area (Å²) in [7, 11) is 5.55. The van der Waals surface area contributed by atoms with Crippen molar-refractivity contribution in [1.29, 1.82) is 0 Å². The molecule has 2 aromatic heterocycles. The van der Waals surface area contributed by atoms with Gasteiger partial charge < -0.3 is 14.7 Å². The van der Waals surface area contributed by atoms with Crippen molar-refractivity contribution in [3.63, 3.8) is 0 Å². The van der Waals surface area contributed by atoms with Gasteiger partial charge in [-0.15, -0.1) is 0 Å². The Morgan fingerprint density at radius 3 is 2.53 bits per heavy atom. The topological polar surface area (TPSA) is 61.7 Å². The monoisotopic (exact) mass is 497 g/mol. The van der Waals surface area contributed by atoms with Gasteiger partial charge >= 0.3 is 12.2 Å². The van der Waals surface area contributed by atoms with Crippen molar-refractivity contribution in [2.45, 2.75) is 24.6 Å². The maximum absolute atomic E-state index is 12.9. The number of hydrogen-bond donors (Lipinski definition) is 0. The smallest absolute Gasteiger partial charge is 0.371 e. The Hall–Kier alpha value is -3.82. The third kappa shape index (κ3) is 4.10. The van der Waals surface area contributed by atoms with Gasteiger partial charge in [0.25, 0.3) is 5.56 Å². The Bertz CT molecular complexity index is 1370. The fourth-order valence-electron chi connectivity index (χ4n) is 5.23. The number of pyridine rings is 2. The standard InChI is InChI=1S/C26H26F3N5O2/c1-31(2)25(36)33-10-9-22-20(15-33)19-6-5-18(13-23(19)32(22)3)34-11-8-16(12-24(34)35)21-7-4-17(14-30-21)26(27,28)29/h4-8,11-14,20,22H,9-10,15H2,1-3H3. The molecule has 36 heavy (non-hydrogen) atoms. The average molecular weight is 498 g/mol. The van der Waals surface area contributed by atoms with Crippen molar-refractivity contribution in [3.8, 4) is 16.9 Å². The lowest BCUT2D eigenvalue weighted by atomic mass is 9.89. The first-order valence-corrected chi connectivity index (χ1v) is 11.6. The highest BCUT2D eigenvalue weighted by Crippen LogP contribution is 2.44. The van der Waals surface area contributed by atoms with E-state index in [2.05, 4.69) is 9.88 Å². The molecule has 0 aliphatic carbocycles. The van der Waals surface area contributed by atoms with Crippen LogP contribution in [-0.4, -0.2) is 65.7 Å². The van der Waals surface area contributed by atoms with E-state index in [9.17, 15) is 22.8 Å². The number of likely N-dealkylation sites (N-methyl/N-ethyl adjacent to an activating group) is 1. The third-order valence-corrected chi connectivity index (χ3v) is 7.10. The molecule has 0 radical (unpaired) electrons. The third-order valence-electron chi connectivity index (χ3n) is 7.10. The predicted octanol–water partition coefficient (Wildman–Crippen LogP) is 4.21. The van der Waals surface area contributed by atoms with Gasteiger partial charge in [0.1, 0.15) is 0 Å². The SMILES string of the molecule is CN(C)C(=O)N1CCC2C(C1)c1ccc(-n3ccc(-c4ccc(C(F)(F)F)cn4)cc3=O)cc1N2C. The van der Waals surface area contributed by atoms with E-state index in [1.54, 1.807) is 31.3 Å². The van der Waals surface area contributed by atoms with Gasteiger partial charge in [0.2, 0.25) is 0 Å². The number of urea groups is 1. The maximum atomic E-state index is 12.9. The number of halogens is 3. The van der Waals surface area contributed by atoms with Crippen LogP contribution in [0.1, 0.15) is 23.5 Å². The highest BCUT2D eigenvalue weighted by molar-refractivity contribution is 5.75. The van der Waals surface area contributed by atoms with Gasteiger partial charge in [0.05, 0.1) is 16.9 Å². The second-order valence-corrected chi connectivity index (χ2v) is 9.49. The number of carbonyl (C=O) groups excluding carboxylic acids is 1. The van der Waals surface area contributed by atoms with Crippen LogP contribution in [0.4, 0.5) is 23.7 Å². The molecule has 0 spiro atoms. The van der Waals surface area contributed by atoms with Crippen molar-refractivity contribution in [3.05, 3.63) is 76.3 Å². The Labute approximate surface area is 206 Å². The molecular weight excluding hydrogens is 471 g/mol. The lowest BCUT2D eigenvalue weighted by Crippen LogP contribution is -2.50. The van der Waals surface area contributed by atoms with Crippen LogP contribution in [0.15, 0.2) is 59.7 Å². The summed E-state index contributed by atoms with van der Waals surface area (Å²) in [6.45, 7) is 1.34. The molecule has 1 aromatic carbocycles. The lowest BCUT2D eigenvalue weighted by Gasteiger charge is -2.38. The number of benzene rings is 1. The summed E-state index contributed by atoms with van der Waals surface area (Å²) in [6.07, 6.45) is -1.23. The van der Waals surface area contributed by atoms with Gasteiger partial charge in [-0.2, -0.15) is 13.2 Å². The number of likely N-dealkylation sites (tertiary alicyclic amines) is 1. The molecule has 0 saturated carbocycles. The summed E-state index contributed by atoms with van der Waals surface area (Å²) in [5.74, 6) is 0.196. The summed E-state index contributed by atoms with van der Waals surface area (Å²) in [5.41, 5.74) is 2.47. The fourth-order valence-corrected chi connectivity index (χ4v) is 5.23. The molecule has 2 atom stereocenters. The van der Waals surface area contributed by atoms with E-state index in [4.69, 9.17) is 0 Å². The molecule has 1 saturated heterocycles. The highest BCUT2D eigenvalue weighted by atomic mass is 19.4. The average Bonchev–Trinajstić information content (AvgIpc) is 3.13. The van der Waals surface area contributed by atoms with Crippen molar-refractivity contribution < 1.29 is 18.0 Å². The second-order valence-electron chi connectivity index (χ2n) is 9.49. The number of nitrogens with zero attached hydrogens (tertiary/aromatic N) is 5. The van der Waals surface area contributed by atoms with Gasteiger partial charge in [0, 0.05) is 75.9 Å². The molecular formula is C26H26F3N5O2. The molecule has 1 fully saturated rings. The number of alkyl halides is 3. The molecule has 2 aliphatic heterocycles. The number of amides is 2. The van der Waals surface area contributed by atoms with Crippen LogP contribution in [0.2, 0.25) is 0 Å². The van der Waals surface area contributed by atoms with E-state index in [1.807, 2.05) is 30.1 Å². The fraction of sp³-hybridized carbons (Fsp3) is 0.346. The van der Waals surface area contributed by atoms with E-state index < -0.39 is 11.7 Å². The van der Waals surface area contributed by atoms with Gasteiger partial charge in [-0.3, -0.25) is 14.3 Å². The molecule has 10 heteroatoms. The van der Waals surface area contributed by atoms with Gasteiger partial charge in [-0.25, -0.2) is 4.79 Å². The van der Waals surface area contributed by atoms with Crippen molar-refractivity contribution >= 4 is 11.7 Å². The Morgan fingerprint density at radius 1 is 1.11 bits per heavy atom. The van der Waals surface area contributed by atoms with Crippen LogP contribution in [-0.2, 0) is 6.18 Å². The quantitative estimate of drug-likeness (QED) is 0.532. The zero-order chi connectivity index (χ0) is 25.8. The summed E-state index contributed by atoms with van der Waals surface area (Å²) in [4.78, 5) is 35.0. The maximum Gasteiger partial charge on any atom is 0.417 e. The van der Waals surface area contributed by atoms with E-state index in [1.165, 1.54) is 16.7 Å². The van der Waals surface area contributed by atoms with E-state index in [0.717, 1.165) is 29.9 Å². The zero-order valence-electron chi connectivity index (χ0n) is 20.2. The van der Waals surface area contributed by atoms with Gasteiger partial charge in [-0.1, -0.05) is 6.07 Å². The van der Waals surface area contributed by atoms with Crippen LogP contribution >= 0.6 is 0 Å². The number of aromatic nitrogens is 2. The van der Waals surface area contributed by atoms with Crippen molar-refractivity contribution in [2.24, 2.45) is 0 Å². The van der Waals surface area contributed by atoms with Gasteiger partial charge in [0.15, 0.2) is 0 Å². The molecule has 2 unspecified atom stereocenters. The summed E-state index contributed by atoms with van der Waals surface area (Å²) in [6, 6.07) is 11.4. The molecule has 5 rings (SSSR count). The van der Waals surface area contributed by atoms with E-state index in [0.29, 0.717) is 30.0 Å². The summed E-state index contributed by atoms with van der Waals surface area (Å²) < 4.78 is 40.0. The van der Waals surface area contributed by atoms with Gasteiger partial charge in [-0.05, 0) is 42.3 Å². The molecule has 0 bridgehead atoms. The first-order chi connectivity index (χ1) is 17.0. The molecule has 4 heterocycles. The van der Waals surface area contributed by atoms with Crippen LogP contribution in [0.3, 0.4) is 0 Å². The number of hydrogen-bond acceptors (Lipinski definition) is 4. The number of rotatable bonds is 2. The molecule has 3 aromatic rings. The molecule has 188 valence electrons. The lowest BCUT2D eigenvalue weighted by molar-refractivity contribution is -0.137. The first-order valence-electron chi connectivity index (χ1n) is 11.6. The number of anilines is 1. The molecule has 7 nitrogen and oxygen atoms in total. The minimum atomic E-state index is -4.46. The van der Waals surface area contributed by atoms with Crippen LogP contribution in [0.25, 0.3) is 16.9 Å². The molecule has 2 amide bonds. The highest BCUT2D eigenvalue weighted by Gasteiger charge is 2.41. The van der Waals surface area contributed by atoms with E-state index in [-0.39, 0.29) is 23.6 Å². The number of piperidine rings is 1. The van der Waals surface area contributed by atoms with Crippen molar-refractivity contribution in [2.75, 3.05) is 39.1 Å². The second kappa shape index (κ2) is 8.69. The zero-order valence-corrected chi connectivity index (χ0v) is 20.2. The predicted molar refractivity (Wildman–Crippen MR) is 130 cm³/mol. The normalized spacial score (nSPS) is 19.2. The Balaban J connectivity index is 1.42. The minimum Gasteiger partial charge on any atom is -0.371 e. The van der Waals surface area contributed by atoms with E-state index >= 15 is 0 Å². The summed E-state index contributed by atoms with van der Waals surface area (Å²) >= 11 is 0. The van der Waals surface area contributed by atoms with Crippen LogP contribution < -0.4 is 10.5 Å². The largest absolute Gasteiger partial charge is 0.417 e. The van der Waals surface area contributed by atoms with Crippen LogP contribution in [0.5, 0.6) is 0 Å². The van der Waals surface area contributed by atoms with Crippen LogP contribution in [0, 0.1) is 0 Å². The Kier molecular flexibility index (Phi) is 5.77.